The van der Waals surface area contributed by atoms with Crippen molar-refractivity contribution in [1.29, 1.82) is 0 Å². The fourth-order valence-electron chi connectivity index (χ4n) is 1.67. The van der Waals surface area contributed by atoms with E-state index in [1.807, 2.05) is 5.38 Å². The minimum Gasteiger partial charge on any atom is -0.309 e. The summed E-state index contributed by atoms with van der Waals surface area (Å²) in [5.74, 6) is -0.235. The van der Waals surface area contributed by atoms with Crippen LogP contribution in [0.25, 0.3) is 0 Å². The first-order valence-corrected chi connectivity index (χ1v) is 7.50. The van der Waals surface area contributed by atoms with Gasteiger partial charge in [-0.3, -0.25) is 15.1 Å². The van der Waals surface area contributed by atoms with Gasteiger partial charge in [0, 0.05) is 17.6 Å². The molecule has 0 radical (unpaired) electrons. The smallest absolute Gasteiger partial charge is 0.276 e. The van der Waals surface area contributed by atoms with E-state index in [0.29, 0.717) is 10.8 Å². The second-order valence-electron chi connectivity index (χ2n) is 4.42. The minimum absolute atomic E-state index is 0.187. The van der Waals surface area contributed by atoms with Crippen molar-refractivity contribution in [2.45, 2.75) is 26.3 Å². The third kappa shape index (κ3) is 3.85. The molecule has 0 aliphatic carbocycles. The van der Waals surface area contributed by atoms with E-state index in [0.717, 1.165) is 18.7 Å². The molecule has 2 N–H and O–H groups in total. The molecule has 1 atom stereocenters. The van der Waals surface area contributed by atoms with Crippen molar-refractivity contribution in [1.82, 2.24) is 15.3 Å². The van der Waals surface area contributed by atoms with Crippen LogP contribution in [0, 0.1) is 0 Å². The molecule has 0 aliphatic heterocycles. The highest BCUT2D eigenvalue weighted by Crippen LogP contribution is 2.20. The molecule has 0 fully saturated rings. The number of nitrogens with zero attached hydrogens (tertiary/aromatic N) is 2. The number of carbonyl (C=O) groups excluding carboxylic acids is 1. The summed E-state index contributed by atoms with van der Waals surface area (Å²) < 4.78 is 0. The molecule has 0 aliphatic rings. The molecule has 6 heteroatoms. The number of pyridine rings is 1. The van der Waals surface area contributed by atoms with Crippen LogP contribution < -0.4 is 10.6 Å². The molecule has 2 heterocycles. The van der Waals surface area contributed by atoms with Gasteiger partial charge in [-0.2, -0.15) is 0 Å². The summed E-state index contributed by atoms with van der Waals surface area (Å²) in [5, 5.41) is 8.69. The Kier molecular flexibility index (Phi) is 5.20. The molecule has 20 heavy (non-hydrogen) atoms. The summed E-state index contributed by atoms with van der Waals surface area (Å²) >= 11 is 1.42. The molecule has 0 bridgehead atoms. The molecule has 106 valence electrons. The van der Waals surface area contributed by atoms with Crippen LogP contribution in [0.1, 0.15) is 42.5 Å². The molecule has 5 nitrogen and oxygen atoms in total. The van der Waals surface area contributed by atoms with Crippen molar-refractivity contribution in [3.8, 4) is 0 Å². The van der Waals surface area contributed by atoms with E-state index in [9.17, 15) is 4.79 Å². The highest BCUT2D eigenvalue weighted by atomic mass is 32.1. The van der Waals surface area contributed by atoms with Gasteiger partial charge in [-0.05, 0) is 32.0 Å². The monoisotopic (exact) mass is 290 g/mol. The summed E-state index contributed by atoms with van der Waals surface area (Å²) in [5.41, 5.74) is 1.33. The second kappa shape index (κ2) is 7.12. The number of hydrogen-bond donors (Lipinski definition) is 2. The van der Waals surface area contributed by atoms with Crippen molar-refractivity contribution in [3.05, 3.63) is 41.2 Å². The van der Waals surface area contributed by atoms with Crippen molar-refractivity contribution in [3.63, 3.8) is 0 Å². The van der Waals surface area contributed by atoms with Crippen molar-refractivity contribution < 1.29 is 4.79 Å². The summed E-state index contributed by atoms with van der Waals surface area (Å²) in [4.78, 5) is 20.4. The predicted molar refractivity (Wildman–Crippen MR) is 81.0 cm³/mol. The number of anilines is 1. The van der Waals surface area contributed by atoms with Crippen molar-refractivity contribution >= 4 is 22.4 Å². The molecule has 0 saturated carbocycles. The molecule has 2 rings (SSSR count). The van der Waals surface area contributed by atoms with Crippen LogP contribution in [0.5, 0.6) is 0 Å². The average Bonchev–Trinajstić information content (AvgIpc) is 2.94. The van der Waals surface area contributed by atoms with Crippen LogP contribution in [0.2, 0.25) is 0 Å². The first-order valence-electron chi connectivity index (χ1n) is 6.62. The molecule has 2 aromatic rings. The van der Waals surface area contributed by atoms with Gasteiger partial charge < -0.3 is 5.32 Å². The summed E-state index contributed by atoms with van der Waals surface area (Å²) in [6.45, 7) is 5.14. The van der Waals surface area contributed by atoms with E-state index in [-0.39, 0.29) is 11.9 Å². The maximum Gasteiger partial charge on any atom is 0.276 e. The highest BCUT2D eigenvalue weighted by Gasteiger charge is 2.12. The van der Waals surface area contributed by atoms with E-state index < -0.39 is 0 Å². The standard InChI is InChI=1S/C14H18N4OS/c1-3-7-15-10(2)12-9-20-14(17-12)18-13(19)11-6-4-5-8-16-11/h4-6,8-10,15H,3,7H2,1-2H3,(H,17,18,19). The van der Waals surface area contributed by atoms with Gasteiger partial charge in [0.1, 0.15) is 5.69 Å². The zero-order chi connectivity index (χ0) is 14.4. The second-order valence-corrected chi connectivity index (χ2v) is 5.28. The summed E-state index contributed by atoms with van der Waals surface area (Å²) in [6.07, 6.45) is 2.68. The minimum atomic E-state index is -0.235. The normalized spacial score (nSPS) is 12.1. The van der Waals surface area contributed by atoms with E-state index in [1.165, 1.54) is 11.3 Å². The van der Waals surface area contributed by atoms with E-state index in [4.69, 9.17) is 0 Å². The largest absolute Gasteiger partial charge is 0.309 e. The highest BCUT2D eigenvalue weighted by molar-refractivity contribution is 7.14. The van der Waals surface area contributed by atoms with Gasteiger partial charge >= 0.3 is 0 Å². The molecule has 1 unspecified atom stereocenters. The van der Waals surface area contributed by atoms with E-state index in [2.05, 4.69) is 34.4 Å². The molecule has 0 saturated heterocycles. The Bertz CT molecular complexity index is 555. The lowest BCUT2D eigenvalue weighted by molar-refractivity contribution is 0.102. The number of aromatic nitrogens is 2. The average molecular weight is 290 g/mol. The predicted octanol–water partition coefficient (Wildman–Crippen LogP) is 2.85. The first kappa shape index (κ1) is 14.6. The number of rotatable bonds is 6. The SMILES string of the molecule is CCCNC(C)c1csc(NC(=O)c2ccccn2)n1. The van der Waals surface area contributed by atoms with Crippen LogP contribution in [-0.4, -0.2) is 22.4 Å². The Balaban J connectivity index is 1.97. The summed E-state index contributed by atoms with van der Waals surface area (Å²) in [7, 11) is 0. The first-order chi connectivity index (χ1) is 9.70. The fourth-order valence-corrected chi connectivity index (χ4v) is 2.47. The molecule has 0 spiro atoms. The third-order valence-corrected chi connectivity index (χ3v) is 3.56. The van der Waals surface area contributed by atoms with E-state index >= 15 is 0 Å². The molecule has 2 aromatic heterocycles. The van der Waals surface area contributed by atoms with Gasteiger partial charge in [-0.25, -0.2) is 4.98 Å². The molecule has 1 amide bonds. The van der Waals surface area contributed by atoms with Gasteiger partial charge in [-0.15, -0.1) is 11.3 Å². The van der Waals surface area contributed by atoms with Crippen LogP contribution >= 0.6 is 11.3 Å². The van der Waals surface area contributed by atoms with Crippen LogP contribution in [0.15, 0.2) is 29.8 Å². The number of amides is 1. The summed E-state index contributed by atoms with van der Waals surface area (Å²) in [6, 6.07) is 5.42. The van der Waals surface area contributed by atoms with Crippen LogP contribution in [0.3, 0.4) is 0 Å². The number of carbonyl (C=O) groups is 1. The lowest BCUT2D eigenvalue weighted by Gasteiger charge is -2.09. The zero-order valence-corrected chi connectivity index (χ0v) is 12.4. The topological polar surface area (TPSA) is 66.9 Å². The van der Waals surface area contributed by atoms with Crippen LogP contribution in [0.4, 0.5) is 5.13 Å². The Morgan fingerprint density at radius 3 is 3.00 bits per heavy atom. The molecular formula is C14H18N4OS. The Labute approximate surface area is 122 Å². The van der Waals surface area contributed by atoms with Gasteiger partial charge in [-0.1, -0.05) is 13.0 Å². The Hall–Kier alpha value is -1.79. The van der Waals surface area contributed by atoms with Crippen molar-refractivity contribution in [2.75, 3.05) is 11.9 Å². The lowest BCUT2D eigenvalue weighted by atomic mass is 10.2. The number of thiazole rings is 1. The zero-order valence-electron chi connectivity index (χ0n) is 11.6. The number of nitrogens with one attached hydrogen (secondary N) is 2. The van der Waals surface area contributed by atoms with Gasteiger partial charge in [0.2, 0.25) is 0 Å². The maximum absolute atomic E-state index is 11.9. The quantitative estimate of drug-likeness (QED) is 0.858. The maximum atomic E-state index is 11.9. The fraction of sp³-hybridized carbons (Fsp3) is 0.357. The Morgan fingerprint density at radius 1 is 1.45 bits per heavy atom. The van der Waals surface area contributed by atoms with Gasteiger partial charge in [0.15, 0.2) is 5.13 Å². The molecular weight excluding hydrogens is 272 g/mol. The van der Waals surface area contributed by atoms with Crippen molar-refractivity contribution in [2.24, 2.45) is 0 Å². The van der Waals surface area contributed by atoms with Crippen LogP contribution in [-0.2, 0) is 0 Å². The molecule has 0 aromatic carbocycles. The van der Waals surface area contributed by atoms with Gasteiger partial charge in [0.05, 0.1) is 5.69 Å². The third-order valence-electron chi connectivity index (χ3n) is 2.78. The van der Waals surface area contributed by atoms with Gasteiger partial charge in [0.25, 0.3) is 5.91 Å². The number of hydrogen-bond acceptors (Lipinski definition) is 5. The van der Waals surface area contributed by atoms with E-state index in [1.54, 1.807) is 24.4 Å². The lowest BCUT2D eigenvalue weighted by Crippen LogP contribution is -2.19. The Morgan fingerprint density at radius 2 is 2.30 bits per heavy atom.